The normalized spacial score (nSPS) is 23.3. The molecule has 3 saturated heterocycles. The van der Waals surface area contributed by atoms with E-state index in [1.165, 1.54) is 12.1 Å². The van der Waals surface area contributed by atoms with E-state index < -0.39 is 0 Å². The fraction of sp³-hybridized carbons (Fsp3) is 0.304. The SMILES string of the molecule is O=c1[nH]c2ccc(F)cc2c(N[C@H]2CN3CCC2CC3)c1-c1nc2ccccc2[nH]1. The minimum absolute atomic E-state index is 0.226. The van der Waals surface area contributed by atoms with Gasteiger partial charge >= 0.3 is 0 Å². The molecule has 2 aromatic heterocycles. The van der Waals surface area contributed by atoms with Crippen LogP contribution >= 0.6 is 0 Å². The van der Waals surface area contributed by atoms with Crippen LogP contribution in [0.5, 0.6) is 0 Å². The summed E-state index contributed by atoms with van der Waals surface area (Å²) in [5.41, 5.74) is 3.12. The van der Waals surface area contributed by atoms with Crippen LogP contribution in [0.3, 0.4) is 0 Å². The number of hydrogen-bond acceptors (Lipinski definition) is 4. The van der Waals surface area contributed by atoms with E-state index in [9.17, 15) is 9.18 Å². The van der Waals surface area contributed by atoms with E-state index in [1.54, 1.807) is 6.07 Å². The molecule has 1 atom stereocenters. The molecule has 2 bridgehead atoms. The summed E-state index contributed by atoms with van der Waals surface area (Å²) in [5.74, 6) is 0.718. The number of benzene rings is 2. The predicted octanol–water partition coefficient (Wildman–Crippen LogP) is 3.72. The van der Waals surface area contributed by atoms with Gasteiger partial charge in [0.05, 0.1) is 22.2 Å². The van der Waals surface area contributed by atoms with Crippen LogP contribution in [0.4, 0.5) is 10.1 Å². The van der Waals surface area contributed by atoms with E-state index in [1.807, 2.05) is 24.3 Å². The van der Waals surface area contributed by atoms with Crippen molar-refractivity contribution in [1.82, 2.24) is 19.9 Å². The van der Waals surface area contributed by atoms with Gasteiger partial charge in [-0.2, -0.15) is 0 Å². The summed E-state index contributed by atoms with van der Waals surface area (Å²) in [7, 11) is 0. The molecule has 6 nitrogen and oxygen atoms in total. The first-order valence-corrected chi connectivity index (χ1v) is 10.5. The maximum Gasteiger partial charge on any atom is 0.261 e. The van der Waals surface area contributed by atoms with Crippen LogP contribution in [-0.4, -0.2) is 45.5 Å². The van der Waals surface area contributed by atoms with Crippen LogP contribution in [-0.2, 0) is 0 Å². The Hall–Kier alpha value is -3.19. The molecule has 7 rings (SSSR count). The fourth-order valence-electron chi connectivity index (χ4n) is 5.03. The van der Waals surface area contributed by atoms with Crippen LogP contribution in [0.1, 0.15) is 12.8 Å². The third kappa shape index (κ3) is 2.81. The van der Waals surface area contributed by atoms with Gasteiger partial charge in [0.1, 0.15) is 17.2 Å². The first-order valence-electron chi connectivity index (χ1n) is 10.5. The molecule has 7 heteroatoms. The fourth-order valence-corrected chi connectivity index (χ4v) is 5.03. The Labute approximate surface area is 172 Å². The Balaban J connectivity index is 1.56. The molecule has 0 aliphatic carbocycles. The lowest BCUT2D eigenvalue weighted by Crippen LogP contribution is -2.53. The minimum atomic E-state index is -0.331. The average Bonchev–Trinajstić information content (AvgIpc) is 3.19. The summed E-state index contributed by atoms with van der Waals surface area (Å²) in [5, 5.41) is 4.31. The number of anilines is 1. The Bertz CT molecular complexity index is 1290. The number of hydrogen-bond donors (Lipinski definition) is 3. The van der Waals surface area contributed by atoms with Gasteiger partial charge < -0.3 is 20.2 Å². The summed E-state index contributed by atoms with van der Waals surface area (Å²) < 4.78 is 14.2. The highest BCUT2D eigenvalue weighted by molar-refractivity contribution is 5.99. The number of H-pyrrole nitrogens is 2. The van der Waals surface area contributed by atoms with Crippen molar-refractivity contribution in [1.29, 1.82) is 0 Å². The number of nitrogens with one attached hydrogen (secondary N) is 3. The zero-order valence-electron chi connectivity index (χ0n) is 16.4. The largest absolute Gasteiger partial charge is 0.379 e. The molecular formula is C23H22FN5O. The molecule has 0 spiro atoms. The molecule has 2 aromatic carbocycles. The van der Waals surface area contributed by atoms with Gasteiger partial charge in [-0.05, 0) is 62.2 Å². The van der Waals surface area contributed by atoms with Crippen LogP contribution < -0.4 is 10.9 Å². The summed E-state index contributed by atoms with van der Waals surface area (Å²) >= 11 is 0. The second kappa shape index (κ2) is 6.67. The lowest BCUT2D eigenvalue weighted by atomic mass is 9.83. The highest BCUT2D eigenvalue weighted by Crippen LogP contribution is 2.35. The molecule has 152 valence electrons. The predicted molar refractivity (Wildman–Crippen MR) is 116 cm³/mol. The van der Waals surface area contributed by atoms with Crippen molar-refractivity contribution in [3.05, 3.63) is 58.6 Å². The van der Waals surface area contributed by atoms with Gasteiger partial charge in [-0.1, -0.05) is 12.1 Å². The summed E-state index contributed by atoms with van der Waals surface area (Å²) in [6.45, 7) is 3.20. The third-order valence-corrected chi connectivity index (χ3v) is 6.59. The molecule has 0 unspecified atom stereocenters. The molecule has 5 heterocycles. The smallest absolute Gasteiger partial charge is 0.261 e. The maximum atomic E-state index is 14.2. The molecule has 3 aliphatic heterocycles. The van der Waals surface area contributed by atoms with Gasteiger partial charge in [0, 0.05) is 18.0 Å². The Morgan fingerprint density at radius 3 is 2.67 bits per heavy atom. The Kier molecular flexibility index (Phi) is 3.92. The van der Waals surface area contributed by atoms with E-state index in [-0.39, 0.29) is 17.4 Å². The van der Waals surface area contributed by atoms with Crippen molar-refractivity contribution < 1.29 is 4.39 Å². The van der Waals surface area contributed by atoms with Gasteiger partial charge in [0.25, 0.3) is 5.56 Å². The number of fused-ring (bicyclic) bond motifs is 5. The molecule has 0 radical (unpaired) electrons. The quantitative estimate of drug-likeness (QED) is 0.487. The number of para-hydroxylation sites is 2. The molecule has 4 aromatic rings. The summed E-state index contributed by atoms with van der Waals surface area (Å²) in [6.07, 6.45) is 2.29. The standard InChI is InChI=1S/C23H22FN5O/c24-14-5-6-16-15(11-14)21(25-19-12-29-9-7-13(19)8-10-29)20(23(30)28-16)22-26-17-3-1-2-4-18(17)27-22/h1-6,11,13,19H,7-10,12H2,(H,26,27)(H2,25,28,30)/t19-/m0/s1. The van der Waals surface area contributed by atoms with E-state index in [0.29, 0.717) is 33.9 Å². The van der Waals surface area contributed by atoms with Crippen molar-refractivity contribution >= 4 is 27.6 Å². The monoisotopic (exact) mass is 403 g/mol. The molecule has 0 amide bonds. The Morgan fingerprint density at radius 2 is 1.90 bits per heavy atom. The first kappa shape index (κ1) is 17.7. The number of aromatic amines is 2. The zero-order valence-corrected chi connectivity index (χ0v) is 16.4. The van der Waals surface area contributed by atoms with E-state index in [0.717, 1.165) is 43.5 Å². The lowest BCUT2D eigenvalue weighted by Gasteiger charge is -2.45. The number of aromatic nitrogens is 3. The topological polar surface area (TPSA) is 76.8 Å². The molecule has 3 N–H and O–H groups in total. The maximum absolute atomic E-state index is 14.2. The number of halogens is 1. The van der Waals surface area contributed by atoms with Gasteiger partial charge in [0.15, 0.2) is 0 Å². The second-order valence-corrected chi connectivity index (χ2v) is 8.39. The van der Waals surface area contributed by atoms with Crippen LogP contribution in [0, 0.1) is 11.7 Å². The van der Waals surface area contributed by atoms with Gasteiger partial charge in [-0.15, -0.1) is 0 Å². The third-order valence-electron chi connectivity index (χ3n) is 6.59. The molecule has 3 fully saturated rings. The second-order valence-electron chi connectivity index (χ2n) is 8.39. The van der Waals surface area contributed by atoms with Crippen molar-refractivity contribution in [2.75, 3.05) is 25.0 Å². The average molecular weight is 403 g/mol. The Morgan fingerprint density at radius 1 is 1.07 bits per heavy atom. The number of piperidine rings is 3. The first-order chi connectivity index (χ1) is 14.7. The van der Waals surface area contributed by atoms with Gasteiger partial charge in [0.2, 0.25) is 0 Å². The molecular weight excluding hydrogens is 381 g/mol. The number of pyridine rings is 1. The van der Waals surface area contributed by atoms with E-state index in [4.69, 9.17) is 0 Å². The minimum Gasteiger partial charge on any atom is -0.379 e. The number of rotatable bonds is 3. The van der Waals surface area contributed by atoms with Crippen LogP contribution in [0.15, 0.2) is 47.3 Å². The highest BCUT2D eigenvalue weighted by atomic mass is 19.1. The number of imidazole rings is 1. The van der Waals surface area contributed by atoms with Crippen LogP contribution in [0.25, 0.3) is 33.3 Å². The highest BCUT2D eigenvalue weighted by Gasteiger charge is 2.35. The van der Waals surface area contributed by atoms with Crippen molar-refractivity contribution in [3.63, 3.8) is 0 Å². The van der Waals surface area contributed by atoms with Gasteiger partial charge in [-0.3, -0.25) is 4.79 Å². The molecule has 0 saturated carbocycles. The van der Waals surface area contributed by atoms with Gasteiger partial charge in [-0.25, -0.2) is 9.37 Å². The van der Waals surface area contributed by atoms with Crippen LogP contribution in [0.2, 0.25) is 0 Å². The molecule has 3 aliphatic rings. The lowest BCUT2D eigenvalue weighted by molar-refractivity contribution is 0.0976. The van der Waals surface area contributed by atoms with Crippen molar-refractivity contribution in [2.24, 2.45) is 5.92 Å². The summed E-state index contributed by atoms with van der Waals surface area (Å²) in [4.78, 5) is 26.4. The van der Waals surface area contributed by atoms with Crippen molar-refractivity contribution in [3.8, 4) is 11.4 Å². The molecule has 30 heavy (non-hydrogen) atoms. The number of nitrogens with zero attached hydrogens (tertiary/aromatic N) is 2. The zero-order chi connectivity index (χ0) is 20.2. The summed E-state index contributed by atoms with van der Waals surface area (Å²) in [6, 6.07) is 12.4. The van der Waals surface area contributed by atoms with Crippen molar-refractivity contribution in [2.45, 2.75) is 18.9 Å². The van der Waals surface area contributed by atoms with E-state index in [2.05, 4.69) is 25.2 Å². The van der Waals surface area contributed by atoms with E-state index >= 15 is 0 Å².